The molecule has 0 atom stereocenters. The minimum absolute atomic E-state index is 0.0403. The quantitative estimate of drug-likeness (QED) is 0.847. The first-order valence-electron chi connectivity index (χ1n) is 6.22. The number of aromatic nitrogens is 4. The van der Waals surface area contributed by atoms with Crippen molar-refractivity contribution < 1.29 is 14.7 Å². The van der Waals surface area contributed by atoms with E-state index in [1.807, 2.05) is 13.8 Å². The van der Waals surface area contributed by atoms with Crippen molar-refractivity contribution in [3.05, 3.63) is 23.8 Å². The number of carbonyl (C=O) groups excluding carboxylic acids is 1. The molecule has 0 radical (unpaired) electrons. The molecule has 2 heterocycles. The molecule has 0 spiro atoms. The smallest absolute Gasteiger partial charge is 0.323 e. The Hall–Kier alpha value is -2.51. The molecule has 2 aromatic rings. The molecule has 0 saturated heterocycles. The molecule has 2 aromatic heterocycles. The van der Waals surface area contributed by atoms with Gasteiger partial charge in [0, 0.05) is 18.4 Å². The molecular formula is C12H15N5O3. The molecule has 0 aliphatic heterocycles. The van der Waals surface area contributed by atoms with Crippen molar-refractivity contribution in [3.8, 4) is 0 Å². The zero-order valence-electron chi connectivity index (χ0n) is 11.3. The fraction of sp³-hybridized carbons (Fsp3) is 0.417. The van der Waals surface area contributed by atoms with E-state index >= 15 is 0 Å². The van der Waals surface area contributed by atoms with E-state index < -0.39 is 11.9 Å². The molecule has 1 amide bonds. The fourth-order valence-electron chi connectivity index (χ4n) is 1.82. The van der Waals surface area contributed by atoms with E-state index in [0.717, 1.165) is 5.69 Å². The van der Waals surface area contributed by atoms with E-state index in [4.69, 9.17) is 5.11 Å². The van der Waals surface area contributed by atoms with Gasteiger partial charge in [-0.3, -0.25) is 9.59 Å². The largest absolute Gasteiger partial charge is 0.480 e. The average Bonchev–Trinajstić information content (AvgIpc) is 2.82. The minimum atomic E-state index is -1.06. The van der Waals surface area contributed by atoms with Gasteiger partial charge in [0.2, 0.25) is 5.82 Å². The van der Waals surface area contributed by atoms with Gasteiger partial charge in [0.15, 0.2) is 0 Å². The van der Waals surface area contributed by atoms with Gasteiger partial charge in [0.25, 0.3) is 11.7 Å². The van der Waals surface area contributed by atoms with Crippen LogP contribution in [0.2, 0.25) is 0 Å². The zero-order chi connectivity index (χ0) is 14.7. The highest BCUT2D eigenvalue weighted by atomic mass is 16.4. The Balaban J connectivity index is 2.33. The second-order valence-electron chi connectivity index (χ2n) is 4.35. The summed E-state index contributed by atoms with van der Waals surface area (Å²) in [6.45, 7) is 3.66. The summed E-state index contributed by atoms with van der Waals surface area (Å²) in [6, 6.07) is 1.75. The lowest BCUT2D eigenvalue weighted by atomic mass is 10.3. The summed E-state index contributed by atoms with van der Waals surface area (Å²) >= 11 is 0. The predicted octanol–water partition coefficient (Wildman–Crippen LogP) is 0.370. The Morgan fingerprint density at radius 3 is 2.80 bits per heavy atom. The highest BCUT2D eigenvalue weighted by Crippen LogP contribution is 2.05. The number of carboxylic acids is 1. The van der Waals surface area contributed by atoms with Crippen LogP contribution in [-0.2, 0) is 4.79 Å². The van der Waals surface area contributed by atoms with Crippen molar-refractivity contribution in [1.82, 2.24) is 24.5 Å². The molecule has 0 aliphatic carbocycles. The van der Waals surface area contributed by atoms with Crippen molar-refractivity contribution in [3.63, 3.8) is 0 Å². The second kappa shape index (κ2) is 5.64. The third kappa shape index (κ3) is 2.73. The third-order valence-electron chi connectivity index (χ3n) is 2.73. The summed E-state index contributed by atoms with van der Waals surface area (Å²) in [5.41, 5.74) is 0.793. The average molecular weight is 277 g/mol. The van der Waals surface area contributed by atoms with Crippen LogP contribution >= 0.6 is 0 Å². The van der Waals surface area contributed by atoms with Gasteiger partial charge in [-0.15, -0.1) is 5.10 Å². The van der Waals surface area contributed by atoms with E-state index in [-0.39, 0.29) is 12.4 Å². The van der Waals surface area contributed by atoms with E-state index in [1.54, 1.807) is 12.3 Å². The van der Waals surface area contributed by atoms with Crippen LogP contribution in [0.3, 0.4) is 0 Å². The number of nitrogens with zero attached hydrogens (tertiary/aromatic N) is 5. The molecule has 20 heavy (non-hydrogen) atoms. The number of amides is 1. The highest BCUT2D eigenvalue weighted by Gasteiger charge is 2.22. The van der Waals surface area contributed by atoms with Gasteiger partial charge in [0.05, 0.1) is 0 Å². The van der Waals surface area contributed by atoms with Gasteiger partial charge in [-0.2, -0.15) is 4.98 Å². The summed E-state index contributed by atoms with van der Waals surface area (Å²) in [6.07, 6.45) is 2.23. The summed E-state index contributed by atoms with van der Waals surface area (Å²) in [5.74, 6) is -1.29. The first kappa shape index (κ1) is 13.9. The standard InChI is InChI=1S/C12H15N5O3/c1-3-6-16(7-9(18)19)11(20)10-14-12-13-5-4-8(2)17(12)15-10/h4-5H,3,6-7H2,1-2H3,(H,18,19). The van der Waals surface area contributed by atoms with E-state index in [0.29, 0.717) is 18.7 Å². The van der Waals surface area contributed by atoms with Crippen LogP contribution in [0.25, 0.3) is 5.78 Å². The number of aliphatic carboxylic acids is 1. The summed E-state index contributed by atoms with van der Waals surface area (Å²) < 4.78 is 1.46. The van der Waals surface area contributed by atoms with Crippen LogP contribution in [0.15, 0.2) is 12.3 Å². The SMILES string of the molecule is CCCN(CC(=O)O)C(=O)c1nc2nccc(C)n2n1. The summed E-state index contributed by atoms with van der Waals surface area (Å²) in [7, 11) is 0. The molecule has 0 unspecified atom stereocenters. The molecular weight excluding hydrogens is 262 g/mol. The van der Waals surface area contributed by atoms with Crippen molar-refractivity contribution in [2.45, 2.75) is 20.3 Å². The van der Waals surface area contributed by atoms with Gasteiger partial charge in [-0.05, 0) is 19.4 Å². The number of hydrogen-bond acceptors (Lipinski definition) is 5. The molecule has 0 fully saturated rings. The normalized spacial score (nSPS) is 10.7. The van der Waals surface area contributed by atoms with Crippen molar-refractivity contribution in [1.29, 1.82) is 0 Å². The fourth-order valence-corrected chi connectivity index (χ4v) is 1.82. The zero-order valence-corrected chi connectivity index (χ0v) is 11.3. The van der Waals surface area contributed by atoms with Crippen molar-refractivity contribution in [2.24, 2.45) is 0 Å². The molecule has 2 rings (SSSR count). The van der Waals surface area contributed by atoms with E-state index in [1.165, 1.54) is 9.42 Å². The Morgan fingerprint density at radius 1 is 1.45 bits per heavy atom. The Morgan fingerprint density at radius 2 is 2.20 bits per heavy atom. The highest BCUT2D eigenvalue weighted by molar-refractivity contribution is 5.92. The summed E-state index contributed by atoms with van der Waals surface area (Å²) in [5, 5.41) is 12.9. The third-order valence-corrected chi connectivity index (χ3v) is 2.73. The predicted molar refractivity (Wildman–Crippen MR) is 69.3 cm³/mol. The van der Waals surface area contributed by atoms with Crippen LogP contribution < -0.4 is 0 Å². The Bertz CT molecular complexity index is 652. The number of aryl methyl sites for hydroxylation is 1. The first-order valence-corrected chi connectivity index (χ1v) is 6.22. The van der Waals surface area contributed by atoms with E-state index in [2.05, 4.69) is 15.1 Å². The number of rotatable bonds is 5. The van der Waals surface area contributed by atoms with Crippen molar-refractivity contribution >= 4 is 17.7 Å². The topological polar surface area (TPSA) is 101 Å². The van der Waals surface area contributed by atoms with Crippen LogP contribution in [0.1, 0.15) is 29.7 Å². The van der Waals surface area contributed by atoms with Crippen LogP contribution in [0, 0.1) is 6.92 Å². The number of fused-ring (bicyclic) bond motifs is 1. The monoisotopic (exact) mass is 277 g/mol. The molecule has 0 aliphatic rings. The number of carboxylic acid groups (broad SMARTS) is 1. The Kier molecular flexibility index (Phi) is 3.92. The second-order valence-corrected chi connectivity index (χ2v) is 4.35. The molecule has 0 aromatic carbocycles. The van der Waals surface area contributed by atoms with Crippen LogP contribution in [0.5, 0.6) is 0 Å². The molecule has 1 N–H and O–H groups in total. The Labute approximate surface area is 115 Å². The summed E-state index contributed by atoms with van der Waals surface area (Å²) in [4.78, 5) is 32.3. The first-order chi connectivity index (χ1) is 9.52. The van der Waals surface area contributed by atoms with E-state index in [9.17, 15) is 9.59 Å². The maximum Gasteiger partial charge on any atom is 0.323 e. The van der Waals surface area contributed by atoms with Crippen LogP contribution in [0.4, 0.5) is 0 Å². The molecule has 8 nitrogen and oxygen atoms in total. The van der Waals surface area contributed by atoms with Gasteiger partial charge in [-0.1, -0.05) is 6.92 Å². The lowest BCUT2D eigenvalue weighted by Gasteiger charge is -2.17. The molecule has 0 saturated carbocycles. The lowest BCUT2D eigenvalue weighted by molar-refractivity contribution is -0.137. The minimum Gasteiger partial charge on any atom is -0.480 e. The molecule has 0 bridgehead atoms. The maximum absolute atomic E-state index is 12.2. The molecule has 106 valence electrons. The van der Waals surface area contributed by atoms with Crippen molar-refractivity contribution in [2.75, 3.05) is 13.1 Å². The number of carbonyl (C=O) groups is 2. The maximum atomic E-state index is 12.2. The number of hydrogen-bond donors (Lipinski definition) is 1. The van der Waals surface area contributed by atoms with Gasteiger partial charge >= 0.3 is 5.97 Å². The van der Waals surface area contributed by atoms with Crippen LogP contribution in [-0.4, -0.2) is 54.6 Å². The van der Waals surface area contributed by atoms with Gasteiger partial charge < -0.3 is 10.0 Å². The van der Waals surface area contributed by atoms with Gasteiger partial charge in [0.1, 0.15) is 6.54 Å². The molecule has 8 heteroatoms. The van der Waals surface area contributed by atoms with Gasteiger partial charge in [-0.25, -0.2) is 9.50 Å². The lowest BCUT2D eigenvalue weighted by Crippen LogP contribution is -2.36.